The number of nitrogens with zero attached hydrogens (tertiary/aromatic N) is 1. The van der Waals surface area contributed by atoms with Crippen molar-refractivity contribution in [1.82, 2.24) is 4.98 Å². The number of aryl methyl sites for hydroxylation is 1. The average Bonchev–Trinajstić information content (AvgIpc) is 2.67. The summed E-state index contributed by atoms with van der Waals surface area (Å²) in [5.41, 5.74) is 6.90. The highest BCUT2D eigenvalue weighted by Gasteiger charge is 2.08. The van der Waals surface area contributed by atoms with Gasteiger partial charge in [0.05, 0.1) is 12.6 Å². The number of hydrogen-bond acceptors (Lipinski definition) is 2. The van der Waals surface area contributed by atoms with Crippen LogP contribution in [0, 0.1) is 6.92 Å². The molecule has 0 atom stereocenters. The third-order valence-corrected chi connectivity index (χ3v) is 4.56. The van der Waals surface area contributed by atoms with Crippen molar-refractivity contribution < 1.29 is 4.74 Å². The molecule has 0 bridgehead atoms. The fourth-order valence-corrected chi connectivity index (χ4v) is 3.26. The van der Waals surface area contributed by atoms with E-state index in [2.05, 4.69) is 72.6 Å². The second-order valence-electron chi connectivity index (χ2n) is 6.14. The number of rotatable bonds is 3. The SMILES string of the molecule is COc1ccc(-c2ccnc3cc(-c4ccccc4)ccc23)cc1C. The van der Waals surface area contributed by atoms with Crippen molar-refractivity contribution in [2.45, 2.75) is 6.92 Å². The van der Waals surface area contributed by atoms with Gasteiger partial charge in [0.2, 0.25) is 0 Å². The number of pyridine rings is 1. The zero-order valence-corrected chi connectivity index (χ0v) is 14.4. The first-order valence-corrected chi connectivity index (χ1v) is 8.35. The third-order valence-electron chi connectivity index (χ3n) is 4.56. The molecule has 25 heavy (non-hydrogen) atoms. The first-order valence-electron chi connectivity index (χ1n) is 8.35. The Morgan fingerprint density at radius 3 is 2.32 bits per heavy atom. The predicted octanol–water partition coefficient (Wildman–Crippen LogP) is 5.89. The summed E-state index contributed by atoms with van der Waals surface area (Å²) in [5, 5.41) is 1.16. The Morgan fingerprint density at radius 1 is 0.760 bits per heavy atom. The monoisotopic (exact) mass is 325 g/mol. The van der Waals surface area contributed by atoms with E-state index >= 15 is 0 Å². The first-order chi connectivity index (χ1) is 12.3. The van der Waals surface area contributed by atoms with Gasteiger partial charge in [-0.2, -0.15) is 0 Å². The maximum atomic E-state index is 5.38. The van der Waals surface area contributed by atoms with Gasteiger partial charge in [-0.3, -0.25) is 4.98 Å². The molecule has 0 radical (unpaired) electrons. The second-order valence-corrected chi connectivity index (χ2v) is 6.14. The molecule has 0 aliphatic carbocycles. The molecule has 4 rings (SSSR count). The van der Waals surface area contributed by atoms with Crippen molar-refractivity contribution in [2.24, 2.45) is 0 Å². The van der Waals surface area contributed by atoms with E-state index in [4.69, 9.17) is 4.74 Å². The van der Waals surface area contributed by atoms with Crippen molar-refractivity contribution in [3.63, 3.8) is 0 Å². The van der Waals surface area contributed by atoms with Gasteiger partial charge in [-0.1, -0.05) is 48.5 Å². The van der Waals surface area contributed by atoms with E-state index in [0.717, 1.165) is 22.2 Å². The van der Waals surface area contributed by atoms with E-state index in [0.29, 0.717) is 0 Å². The molecule has 1 heterocycles. The molecule has 0 amide bonds. The van der Waals surface area contributed by atoms with Gasteiger partial charge >= 0.3 is 0 Å². The van der Waals surface area contributed by atoms with Crippen molar-refractivity contribution in [3.05, 3.63) is 84.6 Å². The van der Waals surface area contributed by atoms with Crippen molar-refractivity contribution in [1.29, 1.82) is 0 Å². The summed E-state index contributed by atoms with van der Waals surface area (Å²) in [5.74, 6) is 0.911. The van der Waals surface area contributed by atoms with E-state index in [9.17, 15) is 0 Å². The summed E-state index contributed by atoms with van der Waals surface area (Å²) in [6.45, 7) is 2.07. The van der Waals surface area contributed by atoms with Gasteiger partial charge in [0.15, 0.2) is 0 Å². The minimum atomic E-state index is 0.911. The van der Waals surface area contributed by atoms with E-state index in [-0.39, 0.29) is 0 Å². The highest BCUT2D eigenvalue weighted by atomic mass is 16.5. The van der Waals surface area contributed by atoms with E-state index < -0.39 is 0 Å². The molecule has 0 saturated carbocycles. The molecule has 4 aromatic rings. The summed E-state index contributed by atoms with van der Waals surface area (Å²) in [7, 11) is 1.70. The Hall–Kier alpha value is -3.13. The molecule has 2 nitrogen and oxygen atoms in total. The van der Waals surface area contributed by atoms with Crippen molar-refractivity contribution >= 4 is 10.9 Å². The smallest absolute Gasteiger partial charge is 0.121 e. The van der Waals surface area contributed by atoms with Gasteiger partial charge in [0.1, 0.15) is 5.75 Å². The molecule has 1 aromatic heterocycles. The number of aromatic nitrogens is 1. The van der Waals surface area contributed by atoms with Crippen LogP contribution in [0.2, 0.25) is 0 Å². The third kappa shape index (κ3) is 2.87. The molecule has 0 unspecified atom stereocenters. The lowest BCUT2D eigenvalue weighted by molar-refractivity contribution is 0.412. The number of fused-ring (bicyclic) bond motifs is 1. The van der Waals surface area contributed by atoms with Gasteiger partial charge in [-0.05, 0) is 59.0 Å². The molecule has 0 aliphatic rings. The molecular formula is C23H19NO. The number of ether oxygens (including phenoxy) is 1. The molecule has 122 valence electrons. The summed E-state index contributed by atoms with van der Waals surface area (Å²) in [6.07, 6.45) is 1.88. The van der Waals surface area contributed by atoms with Crippen LogP contribution in [0.15, 0.2) is 79.0 Å². The Kier molecular flexibility index (Phi) is 3.95. The first kappa shape index (κ1) is 15.4. The van der Waals surface area contributed by atoms with Gasteiger partial charge in [0.25, 0.3) is 0 Å². The van der Waals surface area contributed by atoms with E-state index in [1.54, 1.807) is 7.11 Å². The normalized spacial score (nSPS) is 10.8. The van der Waals surface area contributed by atoms with Gasteiger partial charge < -0.3 is 4.74 Å². The largest absolute Gasteiger partial charge is 0.496 e. The van der Waals surface area contributed by atoms with E-state index in [1.165, 1.54) is 22.3 Å². The van der Waals surface area contributed by atoms with Crippen LogP contribution in [0.1, 0.15) is 5.56 Å². The Labute approximate surface area is 147 Å². The fraction of sp³-hybridized carbons (Fsp3) is 0.0870. The van der Waals surface area contributed by atoms with E-state index in [1.807, 2.05) is 18.3 Å². The minimum Gasteiger partial charge on any atom is -0.496 e. The number of hydrogen-bond donors (Lipinski definition) is 0. The average molecular weight is 325 g/mol. The summed E-state index contributed by atoms with van der Waals surface area (Å²) < 4.78 is 5.38. The Bertz CT molecular complexity index is 1040. The molecular weight excluding hydrogens is 306 g/mol. The number of benzene rings is 3. The van der Waals surface area contributed by atoms with Crippen LogP contribution in [0.5, 0.6) is 5.75 Å². The highest BCUT2D eigenvalue weighted by Crippen LogP contribution is 2.32. The van der Waals surface area contributed by atoms with Gasteiger partial charge in [-0.15, -0.1) is 0 Å². The van der Waals surface area contributed by atoms with Crippen molar-refractivity contribution in [3.8, 4) is 28.0 Å². The molecule has 0 N–H and O–H groups in total. The van der Waals surface area contributed by atoms with Crippen LogP contribution in [0.4, 0.5) is 0 Å². The molecule has 0 fully saturated rings. The second kappa shape index (κ2) is 6.40. The zero-order valence-electron chi connectivity index (χ0n) is 14.4. The lowest BCUT2D eigenvalue weighted by Crippen LogP contribution is -1.89. The van der Waals surface area contributed by atoms with Crippen LogP contribution in [0.3, 0.4) is 0 Å². The lowest BCUT2D eigenvalue weighted by Gasteiger charge is -2.11. The summed E-state index contributed by atoms with van der Waals surface area (Å²) >= 11 is 0. The summed E-state index contributed by atoms with van der Waals surface area (Å²) in [4.78, 5) is 4.58. The molecule has 0 aliphatic heterocycles. The van der Waals surface area contributed by atoms with Crippen LogP contribution in [-0.4, -0.2) is 12.1 Å². The van der Waals surface area contributed by atoms with Gasteiger partial charge in [-0.25, -0.2) is 0 Å². The highest BCUT2D eigenvalue weighted by molar-refractivity contribution is 5.96. The minimum absolute atomic E-state index is 0.911. The topological polar surface area (TPSA) is 22.1 Å². The molecule has 3 aromatic carbocycles. The van der Waals surface area contributed by atoms with Crippen LogP contribution in [-0.2, 0) is 0 Å². The molecule has 0 spiro atoms. The van der Waals surface area contributed by atoms with Crippen LogP contribution < -0.4 is 4.74 Å². The van der Waals surface area contributed by atoms with Gasteiger partial charge in [0, 0.05) is 11.6 Å². The summed E-state index contributed by atoms with van der Waals surface area (Å²) in [6, 6.07) is 25.3. The maximum Gasteiger partial charge on any atom is 0.121 e. The zero-order chi connectivity index (χ0) is 17.2. The fourth-order valence-electron chi connectivity index (χ4n) is 3.26. The van der Waals surface area contributed by atoms with Crippen LogP contribution in [0.25, 0.3) is 33.2 Å². The lowest BCUT2D eigenvalue weighted by atomic mass is 9.97. The molecule has 0 saturated heterocycles. The maximum absolute atomic E-state index is 5.38. The standard InChI is InChI=1S/C23H19NO/c1-16-14-19(9-11-23(16)25-2)20-12-13-24-22-15-18(8-10-21(20)22)17-6-4-3-5-7-17/h3-15H,1-2H3. The Balaban J connectivity index is 1.85. The number of methoxy groups -OCH3 is 1. The van der Waals surface area contributed by atoms with Crippen molar-refractivity contribution in [2.75, 3.05) is 7.11 Å². The predicted molar refractivity (Wildman–Crippen MR) is 104 cm³/mol. The molecule has 2 heteroatoms. The quantitative estimate of drug-likeness (QED) is 0.469. The van der Waals surface area contributed by atoms with Crippen LogP contribution >= 0.6 is 0 Å². The Morgan fingerprint density at radius 2 is 1.56 bits per heavy atom.